The fraction of sp³-hybridized carbons (Fsp3) is 0.619. The van der Waals surface area contributed by atoms with Gasteiger partial charge in [-0.25, -0.2) is 9.07 Å². The van der Waals surface area contributed by atoms with E-state index < -0.39 is 6.04 Å². The van der Waals surface area contributed by atoms with Crippen LogP contribution in [0.3, 0.4) is 0 Å². The average Bonchev–Trinajstić information content (AvgIpc) is 3.18. The number of nitrogens with zero attached hydrogens (tertiary/aromatic N) is 6. The van der Waals surface area contributed by atoms with Crippen LogP contribution in [-0.4, -0.2) is 81.9 Å². The maximum absolute atomic E-state index is 13.7. The number of piperidine rings is 1. The van der Waals surface area contributed by atoms with E-state index in [9.17, 15) is 9.18 Å². The predicted octanol–water partition coefficient (Wildman–Crippen LogP) is 1.48. The minimum Gasteiger partial charge on any atom is -0.379 e. The van der Waals surface area contributed by atoms with Gasteiger partial charge in [-0.3, -0.25) is 9.69 Å². The largest absolute Gasteiger partial charge is 0.379 e. The molecule has 1 aromatic heterocycles. The Kier molecular flexibility index (Phi) is 6.69. The molecule has 8 nitrogen and oxygen atoms in total. The lowest BCUT2D eigenvalue weighted by Crippen LogP contribution is -2.46. The number of amides is 1. The highest BCUT2D eigenvalue weighted by Crippen LogP contribution is 2.24. The van der Waals surface area contributed by atoms with Crippen molar-refractivity contribution in [2.75, 3.05) is 45.9 Å². The quantitative estimate of drug-likeness (QED) is 0.710. The van der Waals surface area contributed by atoms with Crippen molar-refractivity contribution in [3.8, 4) is 0 Å². The number of rotatable bonds is 6. The van der Waals surface area contributed by atoms with Crippen molar-refractivity contribution < 1.29 is 13.9 Å². The molecule has 2 aromatic rings. The van der Waals surface area contributed by atoms with Gasteiger partial charge >= 0.3 is 0 Å². The van der Waals surface area contributed by atoms with Gasteiger partial charge in [0, 0.05) is 39.1 Å². The summed E-state index contributed by atoms with van der Waals surface area (Å²) in [5.41, 5.74) is 0.755. The SMILES string of the molecule is Cc1nnnn1[C@@H](Cc1cccc(F)c1)C(=O)N1CCC(CN2CCOCC2)CC1. The third-order valence-corrected chi connectivity index (χ3v) is 6.10. The number of ether oxygens (including phenoxy) is 1. The summed E-state index contributed by atoms with van der Waals surface area (Å²) in [6, 6.07) is 5.79. The third-order valence-electron chi connectivity index (χ3n) is 6.10. The monoisotopic (exact) mass is 416 g/mol. The van der Waals surface area contributed by atoms with Crippen LogP contribution in [-0.2, 0) is 16.0 Å². The van der Waals surface area contributed by atoms with E-state index in [4.69, 9.17) is 4.74 Å². The van der Waals surface area contributed by atoms with Crippen molar-refractivity contribution in [3.63, 3.8) is 0 Å². The van der Waals surface area contributed by atoms with Crippen LogP contribution in [0.15, 0.2) is 24.3 Å². The van der Waals surface area contributed by atoms with Crippen LogP contribution in [0.4, 0.5) is 4.39 Å². The molecule has 0 unspecified atom stereocenters. The second kappa shape index (κ2) is 9.61. The molecule has 0 spiro atoms. The number of benzene rings is 1. The Hall–Kier alpha value is -2.39. The van der Waals surface area contributed by atoms with Crippen LogP contribution in [0.25, 0.3) is 0 Å². The molecule has 1 atom stereocenters. The Labute approximate surface area is 176 Å². The van der Waals surface area contributed by atoms with Gasteiger partial charge in [0.15, 0.2) is 0 Å². The van der Waals surface area contributed by atoms with E-state index in [0.29, 0.717) is 18.2 Å². The molecule has 0 bridgehead atoms. The van der Waals surface area contributed by atoms with Gasteiger partial charge in [0.05, 0.1) is 13.2 Å². The Bertz CT molecular complexity index is 846. The van der Waals surface area contributed by atoms with Gasteiger partial charge in [-0.2, -0.15) is 0 Å². The fourth-order valence-corrected chi connectivity index (χ4v) is 4.39. The molecule has 0 N–H and O–H groups in total. The predicted molar refractivity (Wildman–Crippen MR) is 108 cm³/mol. The summed E-state index contributed by atoms with van der Waals surface area (Å²) in [5.74, 6) is 0.867. The summed E-state index contributed by atoms with van der Waals surface area (Å²) in [6.07, 6.45) is 2.34. The smallest absolute Gasteiger partial charge is 0.247 e. The minimum atomic E-state index is -0.572. The van der Waals surface area contributed by atoms with Gasteiger partial charge in [-0.15, -0.1) is 5.10 Å². The topological polar surface area (TPSA) is 76.4 Å². The lowest BCUT2D eigenvalue weighted by molar-refractivity contribution is -0.136. The van der Waals surface area contributed by atoms with E-state index >= 15 is 0 Å². The van der Waals surface area contributed by atoms with Gasteiger partial charge in [-0.05, 0) is 53.8 Å². The van der Waals surface area contributed by atoms with Crippen LogP contribution in [0.1, 0.15) is 30.3 Å². The molecule has 4 rings (SSSR count). The highest BCUT2D eigenvalue weighted by atomic mass is 19.1. The molecule has 2 saturated heterocycles. The van der Waals surface area contributed by atoms with Gasteiger partial charge in [0.2, 0.25) is 5.91 Å². The van der Waals surface area contributed by atoms with Crippen molar-refractivity contribution in [2.45, 2.75) is 32.2 Å². The molecule has 1 amide bonds. The molecular weight excluding hydrogens is 387 g/mol. The second-order valence-corrected chi connectivity index (χ2v) is 8.20. The number of carbonyl (C=O) groups is 1. The molecule has 2 aliphatic rings. The summed E-state index contributed by atoms with van der Waals surface area (Å²) in [7, 11) is 0. The molecule has 162 valence electrons. The van der Waals surface area contributed by atoms with Crippen LogP contribution >= 0.6 is 0 Å². The number of aromatic nitrogens is 4. The summed E-state index contributed by atoms with van der Waals surface area (Å²) in [4.78, 5) is 17.8. The lowest BCUT2D eigenvalue weighted by Gasteiger charge is -2.37. The molecule has 2 aliphatic heterocycles. The first-order chi connectivity index (χ1) is 14.6. The number of morpholine rings is 1. The Balaban J connectivity index is 1.41. The molecule has 30 heavy (non-hydrogen) atoms. The van der Waals surface area contributed by atoms with Crippen molar-refractivity contribution in [2.24, 2.45) is 5.92 Å². The summed E-state index contributed by atoms with van der Waals surface area (Å²) >= 11 is 0. The molecule has 0 aliphatic carbocycles. The number of hydrogen-bond acceptors (Lipinski definition) is 6. The highest BCUT2D eigenvalue weighted by Gasteiger charge is 2.32. The lowest BCUT2D eigenvalue weighted by atomic mass is 9.95. The van der Waals surface area contributed by atoms with Gasteiger partial charge < -0.3 is 9.64 Å². The first kappa shape index (κ1) is 20.9. The van der Waals surface area contributed by atoms with Crippen LogP contribution in [0.2, 0.25) is 0 Å². The maximum Gasteiger partial charge on any atom is 0.247 e. The molecule has 2 fully saturated rings. The minimum absolute atomic E-state index is 0.000478. The zero-order valence-electron chi connectivity index (χ0n) is 17.4. The van der Waals surface area contributed by atoms with E-state index in [-0.39, 0.29) is 11.7 Å². The van der Waals surface area contributed by atoms with Crippen molar-refractivity contribution >= 4 is 5.91 Å². The molecule has 3 heterocycles. The summed E-state index contributed by atoms with van der Waals surface area (Å²) in [6.45, 7) is 7.92. The normalized spacial score (nSPS) is 19.7. The number of likely N-dealkylation sites (tertiary alicyclic amines) is 1. The van der Waals surface area contributed by atoms with Crippen LogP contribution in [0.5, 0.6) is 0 Å². The number of tetrazole rings is 1. The van der Waals surface area contributed by atoms with Crippen molar-refractivity contribution in [1.29, 1.82) is 0 Å². The zero-order valence-corrected chi connectivity index (χ0v) is 17.4. The molecule has 0 radical (unpaired) electrons. The Morgan fingerprint density at radius 1 is 1.23 bits per heavy atom. The molecular formula is C21H29FN6O2. The van der Waals surface area contributed by atoms with Crippen LogP contribution < -0.4 is 0 Å². The van der Waals surface area contributed by atoms with E-state index in [2.05, 4.69) is 20.4 Å². The van der Waals surface area contributed by atoms with E-state index in [1.807, 2.05) is 11.0 Å². The summed E-state index contributed by atoms with van der Waals surface area (Å²) < 4.78 is 20.7. The number of hydrogen-bond donors (Lipinski definition) is 0. The Morgan fingerprint density at radius 2 is 2.00 bits per heavy atom. The fourth-order valence-electron chi connectivity index (χ4n) is 4.39. The standard InChI is InChI=1S/C21H29FN6O2/c1-16-23-24-25-28(16)20(14-18-3-2-4-19(22)13-18)21(29)27-7-5-17(6-8-27)15-26-9-11-30-12-10-26/h2-4,13,17,20H,5-12,14-15H2,1H3/t20-/m0/s1. The number of aryl methyl sites for hydroxylation is 1. The van der Waals surface area contributed by atoms with Crippen LogP contribution in [0, 0.1) is 18.7 Å². The van der Waals surface area contributed by atoms with E-state index in [1.165, 1.54) is 12.1 Å². The van der Waals surface area contributed by atoms with Crippen molar-refractivity contribution in [3.05, 3.63) is 41.5 Å². The number of carbonyl (C=O) groups excluding carboxylic acids is 1. The van der Waals surface area contributed by atoms with Crippen molar-refractivity contribution in [1.82, 2.24) is 30.0 Å². The molecule has 0 saturated carbocycles. The van der Waals surface area contributed by atoms with Gasteiger partial charge in [0.25, 0.3) is 0 Å². The number of halogens is 1. The first-order valence-corrected chi connectivity index (χ1v) is 10.7. The molecule has 1 aromatic carbocycles. The first-order valence-electron chi connectivity index (χ1n) is 10.7. The third kappa shape index (κ3) is 5.02. The molecule has 9 heteroatoms. The van der Waals surface area contributed by atoms with E-state index in [0.717, 1.165) is 64.3 Å². The summed E-state index contributed by atoms with van der Waals surface area (Å²) in [5, 5.41) is 11.7. The van der Waals surface area contributed by atoms with Gasteiger partial charge in [0.1, 0.15) is 17.7 Å². The zero-order chi connectivity index (χ0) is 20.9. The average molecular weight is 417 g/mol. The maximum atomic E-state index is 13.7. The highest BCUT2D eigenvalue weighted by molar-refractivity contribution is 5.80. The second-order valence-electron chi connectivity index (χ2n) is 8.20. The Morgan fingerprint density at radius 3 is 2.67 bits per heavy atom. The van der Waals surface area contributed by atoms with E-state index in [1.54, 1.807) is 17.7 Å². The van der Waals surface area contributed by atoms with Gasteiger partial charge in [-0.1, -0.05) is 12.1 Å².